The summed E-state index contributed by atoms with van der Waals surface area (Å²) >= 11 is 0. The van der Waals surface area contributed by atoms with Crippen LogP contribution in [0.5, 0.6) is 11.5 Å². The zero-order valence-electron chi connectivity index (χ0n) is 10.3. The second-order valence-corrected chi connectivity index (χ2v) is 4.03. The van der Waals surface area contributed by atoms with E-state index in [-0.39, 0.29) is 11.5 Å². The molecule has 0 aliphatic rings. The van der Waals surface area contributed by atoms with E-state index in [0.717, 1.165) is 0 Å². The van der Waals surface area contributed by atoms with Gasteiger partial charge in [-0.15, -0.1) is 0 Å². The number of hydrogen-bond acceptors (Lipinski definition) is 3. The molecule has 2 aromatic carbocycles. The predicted octanol–water partition coefficient (Wildman–Crippen LogP) is 2.94. The second kappa shape index (κ2) is 4.92. The first-order chi connectivity index (χ1) is 8.63. The topological polar surface area (TPSA) is 46.5 Å². The van der Waals surface area contributed by atoms with Crippen molar-refractivity contribution >= 4 is 5.78 Å². The summed E-state index contributed by atoms with van der Waals surface area (Å²) in [6.45, 7) is 1.78. The highest BCUT2D eigenvalue weighted by molar-refractivity contribution is 6.11. The van der Waals surface area contributed by atoms with Gasteiger partial charge in [-0.1, -0.05) is 30.3 Å². The maximum absolute atomic E-state index is 12.3. The van der Waals surface area contributed by atoms with Gasteiger partial charge < -0.3 is 9.84 Å². The molecule has 18 heavy (non-hydrogen) atoms. The number of aryl methyl sites for hydroxylation is 1. The average molecular weight is 242 g/mol. The Balaban J connectivity index is 2.49. The van der Waals surface area contributed by atoms with E-state index in [1.54, 1.807) is 37.3 Å². The fourth-order valence-corrected chi connectivity index (χ4v) is 1.88. The quantitative estimate of drug-likeness (QED) is 0.842. The molecule has 0 heterocycles. The number of aromatic hydroxyl groups is 1. The maximum Gasteiger partial charge on any atom is 0.197 e. The van der Waals surface area contributed by atoms with E-state index in [0.29, 0.717) is 22.4 Å². The molecule has 3 heteroatoms. The number of ether oxygens (including phenoxy) is 1. The average Bonchev–Trinajstić information content (AvgIpc) is 2.38. The lowest BCUT2D eigenvalue weighted by Gasteiger charge is -2.10. The fraction of sp³-hybridized carbons (Fsp3) is 0.133. The Morgan fingerprint density at radius 2 is 1.83 bits per heavy atom. The molecule has 0 aliphatic carbocycles. The number of carbonyl (C=O) groups excluding carboxylic acids is 1. The smallest absolute Gasteiger partial charge is 0.197 e. The van der Waals surface area contributed by atoms with Crippen LogP contribution in [0.3, 0.4) is 0 Å². The van der Waals surface area contributed by atoms with E-state index in [4.69, 9.17) is 4.74 Å². The van der Waals surface area contributed by atoms with Crippen molar-refractivity contribution in [3.05, 3.63) is 59.2 Å². The third kappa shape index (κ3) is 2.20. The number of rotatable bonds is 3. The highest BCUT2D eigenvalue weighted by Crippen LogP contribution is 2.29. The third-order valence-corrected chi connectivity index (χ3v) is 2.79. The molecule has 1 N–H and O–H groups in total. The number of hydrogen-bond donors (Lipinski definition) is 1. The van der Waals surface area contributed by atoms with Gasteiger partial charge in [-0.25, -0.2) is 0 Å². The molecule has 0 saturated carbocycles. The maximum atomic E-state index is 12.3. The van der Waals surface area contributed by atoms with Gasteiger partial charge >= 0.3 is 0 Å². The Bertz CT molecular complexity index is 551. The summed E-state index contributed by atoms with van der Waals surface area (Å²) in [6.07, 6.45) is 0. The highest BCUT2D eigenvalue weighted by atomic mass is 16.5. The Labute approximate surface area is 106 Å². The molecule has 2 aromatic rings. The molecule has 0 atom stereocenters. The van der Waals surface area contributed by atoms with Gasteiger partial charge in [-0.3, -0.25) is 4.79 Å². The van der Waals surface area contributed by atoms with Crippen molar-refractivity contribution in [3.8, 4) is 11.5 Å². The summed E-state index contributed by atoms with van der Waals surface area (Å²) in [6, 6.07) is 12.1. The van der Waals surface area contributed by atoms with Crippen molar-refractivity contribution in [3.63, 3.8) is 0 Å². The van der Waals surface area contributed by atoms with E-state index in [1.165, 1.54) is 13.2 Å². The van der Waals surface area contributed by atoms with Crippen molar-refractivity contribution in [2.24, 2.45) is 0 Å². The van der Waals surface area contributed by atoms with Crippen LogP contribution >= 0.6 is 0 Å². The Kier molecular flexibility index (Phi) is 3.33. The van der Waals surface area contributed by atoms with Gasteiger partial charge in [0.15, 0.2) is 5.78 Å². The first kappa shape index (κ1) is 12.2. The summed E-state index contributed by atoms with van der Waals surface area (Å²) in [5.74, 6) is 0.295. The second-order valence-electron chi connectivity index (χ2n) is 4.03. The lowest BCUT2D eigenvalue weighted by molar-refractivity contribution is 0.103. The molecule has 0 spiro atoms. The van der Waals surface area contributed by atoms with Crippen molar-refractivity contribution in [1.82, 2.24) is 0 Å². The van der Waals surface area contributed by atoms with E-state index < -0.39 is 0 Å². The molecule has 0 fully saturated rings. The highest BCUT2D eigenvalue weighted by Gasteiger charge is 2.17. The third-order valence-electron chi connectivity index (χ3n) is 2.79. The van der Waals surface area contributed by atoms with Crippen LogP contribution in [0.2, 0.25) is 0 Å². The molecule has 0 amide bonds. The van der Waals surface area contributed by atoms with Gasteiger partial charge in [0.1, 0.15) is 11.5 Å². The zero-order chi connectivity index (χ0) is 13.1. The van der Waals surface area contributed by atoms with E-state index in [9.17, 15) is 9.90 Å². The molecule has 92 valence electrons. The molecule has 3 nitrogen and oxygen atoms in total. The molecule has 0 aliphatic heterocycles. The Morgan fingerprint density at radius 3 is 2.39 bits per heavy atom. The normalized spacial score (nSPS) is 10.1. The lowest BCUT2D eigenvalue weighted by Crippen LogP contribution is -2.04. The standard InChI is InChI=1S/C15H14O3/c1-10-8-12(18-2)9-13(16)14(10)15(17)11-6-4-3-5-7-11/h3-9,16H,1-2H3. The largest absolute Gasteiger partial charge is 0.507 e. The van der Waals surface area contributed by atoms with Crippen molar-refractivity contribution in [1.29, 1.82) is 0 Å². The van der Waals surface area contributed by atoms with Crippen LogP contribution in [0, 0.1) is 6.92 Å². The Morgan fingerprint density at radius 1 is 1.17 bits per heavy atom. The zero-order valence-corrected chi connectivity index (χ0v) is 10.3. The summed E-state index contributed by atoms with van der Waals surface area (Å²) in [5.41, 5.74) is 1.57. The van der Waals surface area contributed by atoms with Crippen LogP contribution in [-0.2, 0) is 0 Å². The minimum Gasteiger partial charge on any atom is -0.507 e. The van der Waals surface area contributed by atoms with Gasteiger partial charge in [0.25, 0.3) is 0 Å². The van der Waals surface area contributed by atoms with Crippen molar-refractivity contribution in [2.75, 3.05) is 7.11 Å². The first-order valence-corrected chi connectivity index (χ1v) is 5.61. The summed E-state index contributed by atoms with van der Waals surface area (Å²) in [5, 5.41) is 9.93. The SMILES string of the molecule is COc1cc(C)c(C(=O)c2ccccc2)c(O)c1. The van der Waals surface area contributed by atoms with Crippen LogP contribution in [0.15, 0.2) is 42.5 Å². The Hall–Kier alpha value is -2.29. The van der Waals surface area contributed by atoms with E-state index >= 15 is 0 Å². The summed E-state index contributed by atoms with van der Waals surface area (Å²) in [7, 11) is 1.52. The minimum absolute atomic E-state index is 0.0549. The first-order valence-electron chi connectivity index (χ1n) is 5.61. The summed E-state index contributed by atoms with van der Waals surface area (Å²) < 4.78 is 5.04. The van der Waals surface area contributed by atoms with E-state index in [1.807, 2.05) is 6.07 Å². The fourth-order valence-electron chi connectivity index (χ4n) is 1.88. The predicted molar refractivity (Wildman–Crippen MR) is 69.3 cm³/mol. The van der Waals surface area contributed by atoms with Crippen molar-refractivity contribution < 1.29 is 14.6 Å². The van der Waals surface area contributed by atoms with Gasteiger partial charge in [0, 0.05) is 11.6 Å². The number of benzene rings is 2. The molecule has 0 unspecified atom stereocenters. The molecular weight excluding hydrogens is 228 g/mol. The number of phenols is 1. The van der Waals surface area contributed by atoms with Crippen molar-refractivity contribution in [2.45, 2.75) is 6.92 Å². The van der Waals surface area contributed by atoms with Gasteiger partial charge in [-0.05, 0) is 18.6 Å². The molecule has 0 saturated heterocycles. The monoisotopic (exact) mass is 242 g/mol. The number of methoxy groups -OCH3 is 1. The van der Waals surface area contributed by atoms with Gasteiger partial charge in [-0.2, -0.15) is 0 Å². The molecule has 0 bridgehead atoms. The molecule has 0 radical (unpaired) electrons. The summed E-state index contributed by atoms with van der Waals surface area (Å²) in [4.78, 5) is 12.3. The van der Waals surface area contributed by atoms with Crippen LogP contribution < -0.4 is 4.74 Å². The van der Waals surface area contributed by atoms with E-state index in [2.05, 4.69) is 0 Å². The minimum atomic E-state index is -0.187. The molecule has 2 rings (SSSR count). The van der Waals surface area contributed by atoms with Gasteiger partial charge in [0.2, 0.25) is 0 Å². The lowest BCUT2D eigenvalue weighted by atomic mass is 9.98. The number of phenolic OH excluding ortho intramolecular Hbond substituents is 1. The number of carbonyl (C=O) groups is 1. The number of ketones is 1. The molecular formula is C15H14O3. The van der Waals surface area contributed by atoms with Crippen LogP contribution in [0.4, 0.5) is 0 Å². The van der Waals surface area contributed by atoms with Crippen LogP contribution in [0.1, 0.15) is 21.5 Å². The van der Waals surface area contributed by atoms with Crippen LogP contribution in [-0.4, -0.2) is 18.0 Å². The van der Waals surface area contributed by atoms with Crippen LogP contribution in [0.25, 0.3) is 0 Å². The van der Waals surface area contributed by atoms with Gasteiger partial charge in [0.05, 0.1) is 12.7 Å². The molecule has 0 aromatic heterocycles.